The highest BCUT2D eigenvalue weighted by Gasteiger charge is 2.28. The molecule has 0 aromatic heterocycles. The second-order valence-electron chi connectivity index (χ2n) is 7.37. The molecule has 0 heterocycles. The maximum absolute atomic E-state index is 9.74. The van der Waals surface area contributed by atoms with Gasteiger partial charge in [-0.2, -0.15) is 0 Å². The molecule has 0 saturated heterocycles. The zero-order valence-electron chi connectivity index (χ0n) is 14.0. The van der Waals surface area contributed by atoms with Crippen LogP contribution in [-0.2, 0) is 10.8 Å². The van der Waals surface area contributed by atoms with Crippen LogP contribution in [0.3, 0.4) is 0 Å². The highest BCUT2D eigenvalue weighted by atomic mass is 16.6. The van der Waals surface area contributed by atoms with E-state index in [1.165, 1.54) is 0 Å². The summed E-state index contributed by atoms with van der Waals surface area (Å²) in [5, 5.41) is 18.3. The number of aliphatic hydroxyl groups excluding tert-OH is 1. The summed E-state index contributed by atoms with van der Waals surface area (Å²) in [7, 11) is 0. The Morgan fingerprint density at radius 2 is 1.52 bits per heavy atom. The first-order chi connectivity index (χ1) is 9.46. The van der Waals surface area contributed by atoms with Gasteiger partial charge in [0.25, 0.3) is 0 Å². The maximum Gasteiger partial charge on any atom is 0.430 e. The Morgan fingerprint density at radius 3 is 1.86 bits per heavy atom. The third-order valence-electron chi connectivity index (χ3n) is 3.22. The van der Waals surface area contributed by atoms with Gasteiger partial charge in [0.1, 0.15) is 5.75 Å². The van der Waals surface area contributed by atoms with Gasteiger partial charge in [-0.3, -0.25) is 0 Å². The molecule has 0 aliphatic heterocycles. The predicted molar refractivity (Wildman–Crippen MR) is 85.0 cm³/mol. The Hall–Kier alpha value is -2.02. The molecule has 0 fully saturated rings. The average molecular weight is 289 g/mol. The number of nitrogens with zero attached hydrogens (tertiary/aromatic N) is 2. The van der Waals surface area contributed by atoms with E-state index in [2.05, 4.69) is 58.7 Å². The maximum atomic E-state index is 9.74. The molecular formula is C17H25N2O2+. The third kappa shape index (κ3) is 4.22. The lowest BCUT2D eigenvalue weighted by atomic mass is 9.78. The van der Waals surface area contributed by atoms with E-state index in [9.17, 15) is 5.11 Å². The van der Waals surface area contributed by atoms with Crippen molar-refractivity contribution in [2.24, 2.45) is 0 Å². The van der Waals surface area contributed by atoms with Gasteiger partial charge < -0.3 is 9.84 Å². The van der Waals surface area contributed by atoms with E-state index in [1.54, 1.807) is 0 Å². The van der Waals surface area contributed by atoms with Crippen LogP contribution in [0, 0.1) is 12.3 Å². The standard InChI is InChI=1S/C17H24N2O2/c1-11-8-12(16(2,3)4)15(21-14(20)10-19-18)13(9-11)17(5,6)7/h8-10H,1-7H3/p+1/b14-10+. The van der Waals surface area contributed by atoms with Crippen LogP contribution in [-0.4, -0.2) is 5.11 Å². The number of rotatable bonds is 2. The Morgan fingerprint density at radius 1 is 1.10 bits per heavy atom. The van der Waals surface area contributed by atoms with E-state index < -0.39 is 5.95 Å². The molecule has 0 atom stereocenters. The van der Waals surface area contributed by atoms with E-state index in [0.29, 0.717) is 5.75 Å². The molecule has 0 amide bonds. The third-order valence-corrected chi connectivity index (χ3v) is 3.22. The van der Waals surface area contributed by atoms with E-state index in [1.807, 2.05) is 6.92 Å². The fourth-order valence-electron chi connectivity index (χ4n) is 2.18. The lowest BCUT2D eigenvalue weighted by Gasteiger charge is -2.29. The minimum absolute atomic E-state index is 0.141. The summed E-state index contributed by atoms with van der Waals surface area (Å²) in [6.07, 6.45) is 0.874. The van der Waals surface area contributed by atoms with Crippen LogP contribution in [0.1, 0.15) is 58.2 Å². The summed E-state index contributed by atoms with van der Waals surface area (Å²) in [5.74, 6) is 0.190. The Balaban J connectivity index is 3.62. The van der Waals surface area contributed by atoms with E-state index in [4.69, 9.17) is 10.1 Å². The summed E-state index contributed by atoms with van der Waals surface area (Å²) < 4.78 is 5.59. The SMILES string of the molecule is Cc1cc(C(C)(C)C)c(O/C(O)=C/[N+]#N)c(C(C)(C)C)c1. The average Bonchev–Trinajstić information content (AvgIpc) is 2.28. The second kappa shape index (κ2) is 5.77. The molecule has 4 nitrogen and oxygen atoms in total. The molecule has 1 aromatic carbocycles. The van der Waals surface area contributed by atoms with Crippen molar-refractivity contribution in [1.82, 2.24) is 0 Å². The Bertz CT molecular complexity index is 562. The van der Waals surface area contributed by atoms with Gasteiger partial charge in [0.2, 0.25) is 5.39 Å². The van der Waals surface area contributed by atoms with Crippen LogP contribution in [0.4, 0.5) is 0 Å². The summed E-state index contributed by atoms with van der Waals surface area (Å²) in [6, 6.07) is 4.13. The molecule has 114 valence electrons. The van der Waals surface area contributed by atoms with Gasteiger partial charge in [0.15, 0.2) is 4.98 Å². The van der Waals surface area contributed by atoms with Crippen molar-refractivity contribution in [2.45, 2.75) is 59.3 Å². The molecule has 4 heteroatoms. The van der Waals surface area contributed by atoms with E-state index >= 15 is 0 Å². The molecule has 0 bridgehead atoms. The number of hydrogen-bond donors (Lipinski definition) is 1. The van der Waals surface area contributed by atoms with E-state index in [-0.39, 0.29) is 10.8 Å². The highest BCUT2D eigenvalue weighted by molar-refractivity contribution is 5.51. The highest BCUT2D eigenvalue weighted by Crippen LogP contribution is 2.41. The Labute approximate surface area is 127 Å². The predicted octanol–water partition coefficient (Wildman–Crippen LogP) is 5.18. The van der Waals surface area contributed by atoms with Crippen LogP contribution in [0.25, 0.3) is 4.98 Å². The minimum atomic E-state index is -0.433. The molecule has 0 radical (unpaired) electrons. The van der Waals surface area contributed by atoms with Gasteiger partial charge >= 0.3 is 12.1 Å². The zero-order valence-corrected chi connectivity index (χ0v) is 14.0. The van der Waals surface area contributed by atoms with Gasteiger partial charge in [-0.05, 0) is 17.8 Å². The van der Waals surface area contributed by atoms with Crippen molar-refractivity contribution < 1.29 is 9.84 Å². The molecule has 0 unspecified atom stereocenters. The van der Waals surface area contributed by atoms with Gasteiger partial charge in [-0.25, -0.2) is 0 Å². The normalized spacial score (nSPS) is 13.0. The van der Waals surface area contributed by atoms with Crippen molar-refractivity contribution in [1.29, 1.82) is 5.39 Å². The molecule has 0 saturated carbocycles. The number of hydrogen-bond acceptors (Lipinski definition) is 3. The van der Waals surface area contributed by atoms with Crippen LogP contribution < -0.4 is 4.74 Å². The number of diazo groups is 1. The van der Waals surface area contributed by atoms with Gasteiger partial charge in [-0.15, -0.1) is 0 Å². The fraction of sp³-hybridized carbons (Fsp3) is 0.529. The number of benzene rings is 1. The first-order valence-corrected chi connectivity index (χ1v) is 7.03. The monoisotopic (exact) mass is 289 g/mol. The lowest BCUT2D eigenvalue weighted by molar-refractivity contribution is 0.202. The van der Waals surface area contributed by atoms with Crippen LogP contribution >= 0.6 is 0 Å². The minimum Gasteiger partial charge on any atom is -0.475 e. The largest absolute Gasteiger partial charge is 0.475 e. The van der Waals surface area contributed by atoms with E-state index in [0.717, 1.165) is 22.9 Å². The first-order valence-electron chi connectivity index (χ1n) is 7.03. The van der Waals surface area contributed by atoms with Crippen LogP contribution in [0.15, 0.2) is 24.3 Å². The Kier molecular flexibility index (Phi) is 4.68. The summed E-state index contributed by atoms with van der Waals surface area (Å²) in [4.78, 5) is 2.80. The second-order valence-corrected chi connectivity index (χ2v) is 7.37. The van der Waals surface area contributed by atoms with Gasteiger partial charge in [0.05, 0.1) is 0 Å². The summed E-state index contributed by atoms with van der Waals surface area (Å²) in [6.45, 7) is 14.6. The van der Waals surface area contributed by atoms with Crippen molar-refractivity contribution in [3.8, 4) is 5.75 Å². The molecule has 21 heavy (non-hydrogen) atoms. The molecule has 0 aliphatic rings. The van der Waals surface area contributed by atoms with Crippen molar-refractivity contribution >= 4 is 0 Å². The van der Waals surface area contributed by atoms with Gasteiger partial charge in [-0.1, -0.05) is 59.2 Å². The molecule has 1 aromatic rings. The molecule has 0 spiro atoms. The van der Waals surface area contributed by atoms with Crippen molar-refractivity contribution in [3.63, 3.8) is 0 Å². The fourth-order valence-corrected chi connectivity index (χ4v) is 2.18. The quantitative estimate of drug-likeness (QED) is 0.603. The number of aryl methyl sites for hydroxylation is 1. The summed E-state index contributed by atoms with van der Waals surface area (Å²) in [5.41, 5.74) is 2.87. The molecule has 0 aliphatic carbocycles. The number of ether oxygens (including phenoxy) is 1. The van der Waals surface area contributed by atoms with Crippen LogP contribution in [0.2, 0.25) is 0 Å². The van der Waals surface area contributed by atoms with Crippen molar-refractivity contribution in [3.05, 3.63) is 45.9 Å². The molecular weight excluding hydrogens is 264 g/mol. The molecule has 1 N–H and O–H groups in total. The van der Waals surface area contributed by atoms with Crippen molar-refractivity contribution in [2.75, 3.05) is 0 Å². The smallest absolute Gasteiger partial charge is 0.430 e. The first kappa shape index (κ1) is 17.0. The lowest BCUT2D eigenvalue weighted by Crippen LogP contribution is -2.20. The van der Waals surface area contributed by atoms with Crippen LogP contribution in [0.5, 0.6) is 5.75 Å². The summed E-state index contributed by atoms with van der Waals surface area (Å²) >= 11 is 0. The molecule has 1 rings (SSSR count). The zero-order chi connectivity index (χ0) is 16.4. The topological polar surface area (TPSA) is 57.6 Å². The number of aliphatic hydroxyl groups is 1. The van der Waals surface area contributed by atoms with Gasteiger partial charge in [0, 0.05) is 11.1 Å².